The summed E-state index contributed by atoms with van der Waals surface area (Å²) in [6.45, 7) is 3.09. The van der Waals surface area contributed by atoms with Gasteiger partial charge in [-0.05, 0) is 42.8 Å². The van der Waals surface area contributed by atoms with Gasteiger partial charge in [0.1, 0.15) is 0 Å². The maximum Gasteiger partial charge on any atom is 0.244 e. The Hall–Kier alpha value is -2.92. The van der Waals surface area contributed by atoms with Crippen LogP contribution in [0, 0.1) is 6.92 Å². The van der Waals surface area contributed by atoms with Gasteiger partial charge < -0.3 is 5.32 Å². The fourth-order valence-corrected chi connectivity index (χ4v) is 2.72. The predicted molar refractivity (Wildman–Crippen MR) is 104 cm³/mol. The van der Waals surface area contributed by atoms with E-state index >= 15 is 0 Å². The van der Waals surface area contributed by atoms with Gasteiger partial charge in [0.05, 0.1) is 12.2 Å². The average molecular weight is 367 g/mol. The van der Waals surface area contributed by atoms with Crippen LogP contribution in [-0.4, -0.2) is 27.2 Å². The number of aromatic nitrogens is 3. The maximum absolute atomic E-state index is 12.0. The normalized spacial score (nSPS) is 11.0. The Morgan fingerprint density at radius 1 is 1.23 bits per heavy atom. The lowest BCUT2D eigenvalue weighted by molar-refractivity contribution is -0.116. The molecule has 0 atom stereocenters. The maximum atomic E-state index is 12.0. The summed E-state index contributed by atoms with van der Waals surface area (Å²) in [5.74, 6) is -0.163. The van der Waals surface area contributed by atoms with E-state index in [1.165, 1.54) is 6.08 Å². The topological polar surface area (TPSA) is 59.8 Å². The van der Waals surface area contributed by atoms with E-state index in [1.54, 1.807) is 24.5 Å². The molecule has 0 spiro atoms. The Labute approximate surface area is 157 Å². The number of nitrogens with zero attached hydrogens (tertiary/aromatic N) is 3. The summed E-state index contributed by atoms with van der Waals surface area (Å²) in [6.07, 6.45) is 6.68. The van der Waals surface area contributed by atoms with Crippen LogP contribution in [0.25, 0.3) is 17.3 Å². The van der Waals surface area contributed by atoms with Crippen molar-refractivity contribution in [2.75, 3.05) is 6.54 Å². The Kier molecular flexibility index (Phi) is 5.81. The quantitative estimate of drug-likeness (QED) is 0.676. The van der Waals surface area contributed by atoms with Gasteiger partial charge in [0.25, 0.3) is 0 Å². The minimum atomic E-state index is -0.163. The molecule has 0 saturated carbocycles. The monoisotopic (exact) mass is 366 g/mol. The van der Waals surface area contributed by atoms with Crippen molar-refractivity contribution >= 4 is 23.6 Å². The highest BCUT2D eigenvalue weighted by molar-refractivity contribution is 6.32. The number of pyridine rings is 1. The molecule has 132 valence electrons. The van der Waals surface area contributed by atoms with Crippen molar-refractivity contribution in [2.24, 2.45) is 0 Å². The lowest BCUT2D eigenvalue weighted by Crippen LogP contribution is -2.26. The highest BCUT2D eigenvalue weighted by Crippen LogP contribution is 2.18. The Balaban J connectivity index is 1.54. The summed E-state index contributed by atoms with van der Waals surface area (Å²) in [7, 11) is 0. The molecule has 6 heteroatoms. The number of hydrogen-bond donors (Lipinski definition) is 1. The standard InChI is InChI=1S/C20H19ClN4O/c1-15-14-19(17-8-10-22-11-9-17)24-25(15)13-12-23-20(26)7-6-16-4-2-3-5-18(16)21/h2-11,14H,12-13H2,1H3,(H,23,26). The first-order chi connectivity index (χ1) is 12.6. The first-order valence-corrected chi connectivity index (χ1v) is 8.66. The second-order valence-electron chi connectivity index (χ2n) is 5.78. The minimum Gasteiger partial charge on any atom is -0.351 e. The van der Waals surface area contributed by atoms with Crippen molar-refractivity contribution < 1.29 is 4.79 Å². The van der Waals surface area contributed by atoms with E-state index in [2.05, 4.69) is 15.4 Å². The number of amides is 1. The van der Waals surface area contributed by atoms with E-state index < -0.39 is 0 Å². The predicted octanol–water partition coefficient (Wildman–Crippen LogP) is 3.74. The Morgan fingerprint density at radius 3 is 2.77 bits per heavy atom. The van der Waals surface area contributed by atoms with Gasteiger partial charge in [-0.1, -0.05) is 29.8 Å². The van der Waals surface area contributed by atoms with Crippen molar-refractivity contribution in [2.45, 2.75) is 13.5 Å². The molecule has 0 saturated heterocycles. The van der Waals surface area contributed by atoms with Gasteiger partial charge in [0.15, 0.2) is 0 Å². The molecule has 0 aliphatic rings. The first-order valence-electron chi connectivity index (χ1n) is 8.29. The van der Waals surface area contributed by atoms with Gasteiger partial charge in [-0.15, -0.1) is 0 Å². The molecule has 26 heavy (non-hydrogen) atoms. The van der Waals surface area contributed by atoms with E-state index in [-0.39, 0.29) is 5.91 Å². The molecule has 0 fully saturated rings. The summed E-state index contributed by atoms with van der Waals surface area (Å²) in [5.41, 5.74) is 3.77. The fraction of sp³-hybridized carbons (Fsp3) is 0.150. The van der Waals surface area contributed by atoms with Gasteiger partial charge >= 0.3 is 0 Å². The van der Waals surface area contributed by atoms with Crippen LogP contribution in [0.4, 0.5) is 0 Å². The molecule has 0 aliphatic carbocycles. The second-order valence-corrected chi connectivity index (χ2v) is 6.18. The summed E-state index contributed by atoms with van der Waals surface area (Å²) in [5, 5.41) is 8.06. The number of benzene rings is 1. The molecular formula is C20H19ClN4O. The third-order valence-electron chi connectivity index (χ3n) is 3.90. The lowest BCUT2D eigenvalue weighted by Gasteiger charge is -2.05. The molecule has 1 N–H and O–H groups in total. The van der Waals surface area contributed by atoms with Crippen LogP contribution in [0.15, 0.2) is 60.9 Å². The van der Waals surface area contributed by atoms with E-state index in [1.807, 2.05) is 48.0 Å². The molecule has 0 unspecified atom stereocenters. The van der Waals surface area contributed by atoms with Crippen LogP contribution >= 0.6 is 11.6 Å². The van der Waals surface area contributed by atoms with Crippen molar-refractivity contribution in [3.05, 3.63) is 77.2 Å². The third-order valence-corrected chi connectivity index (χ3v) is 4.24. The zero-order valence-corrected chi connectivity index (χ0v) is 15.1. The van der Waals surface area contributed by atoms with Crippen molar-refractivity contribution in [3.8, 4) is 11.3 Å². The molecular weight excluding hydrogens is 348 g/mol. The average Bonchev–Trinajstić information content (AvgIpc) is 3.03. The molecule has 3 aromatic rings. The Morgan fingerprint density at radius 2 is 2.00 bits per heavy atom. The van der Waals surface area contributed by atoms with Gasteiger partial charge in [-0.2, -0.15) is 5.10 Å². The Bertz CT molecular complexity index is 919. The molecule has 1 aromatic carbocycles. The van der Waals surface area contributed by atoms with Gasteiger partial charge in [0, 0.05) is 41.3 Å². The number of rotatable bonds is 6. The first kappa shape index (κ1) is 17.9. The molecule has 3 rings (SSSR count). The SMILES string of the molecule is Cc1cc(-c2ccncc2)nn1CCNC(=O)C=Cc1ccccc1Cl. The van der Waals surface area contributed by atoms with E-state index in [9.17, 15) is 4.79 Å². The van der Waals surface area contributed by atoms with Crippen LogP contribution < -0.4 is 5.32 Å². The van der Waals surface area contributed by atoms with Crippen LogP contribution in [-0.2, 0) is 11.3 Å². The van der Waals surface area contributed by atoms with Crippen LogP contribution in [0.1, 0.15) is 11.3 Å². The van der Waals surface area contributed by atoms with Crippen molar-refractivity contribution in [1.82, 2.24) is 20.1 Å². The van der Waals surface area contributed by atoms with Crippen molar-refractivity contribution in [3.63, 3.8) is 0 Å². The van der Waals surface area contributed by atoms with E-state index in [4.69, 9.17) is 11.6 Å². The zero-order valence-electron chi connectivity index (χ0n) is 14.4. The number of hydrogen-bond acceptors (Lipinski definition) is 3. The van der Waals surface area contributed by atoms with Crippen LogP contribution in [0.2, 0.25) is 5.02 Å². The lowest BCUT2D eigenvalue weighted by atomic mass is 10.2. The summed E-state index contributed by atoms with van der Waals surface area (Å²) in [4.78, 5) is 16.0. The van der Waals surface area contributed by atoms with Crippen molar-refractivity contribution in [1.29, 1.82) is 0 Å². The summed E-state index contributed by atoms with van der Waals surface area (Å²) >= 11 is 6.06. The molecule has 0 radical (unpaired) electrons. The molecule has 0 bridgehead atoms. The molecule has 2 heterocycles. The largest absolute Gasteiger partial charge is 0.351 e. The molecule has 5 nitrogen and oxygen atoms in total. The van der Waals surface area contributed by atoms with E-state index in [0.29, 0.717) is 18.1 Å². The molecule has 0 aliphatic heterocycles. The highest BCUT2D eigenvalue weighted by Gasteiger charge is 2.06. The fourth-order valence-electron chi connectivity index (χ4n) is 2.52. The summed E-state index contributed by atoms with van der Waals surface area (Å²) < 4.78 is 1.88. The number of nitrogens with one attached hydrogen (secondary N) is 1. The molecule has 1 amide bonds. The second kappa shape index (κ2) is 8.45. The number of halogens is 1. The van der Waals surface area contributed by atoms with Gasteiger partial charge in [-0.25, -0.2) is 0 Å². The van der Waals surface area contributed by atoms with Crippen LogP contribution in [0.5, 0.6) is 0 Å². The number of aryl methyl sites for hydroxylation is 1. The smallest absolute Gasteiger partial charge is 0.244 e. The third kappa shape index (κ3) is 4.58. The number of carbonyl (C=O) groups excluding carboxylic acids is 1. The molecule has 2 aromatic heterocycles. The van der Waals surface area contributed by atoms with Gasteiger partial charge in [-0.3, -0.25) is 14.5 Å². The van der Waals surface area contributed by atoms with Gasteiger partial charge in [0.2, 0.25) is 5.91 Å². The van der Waals surface area contributed by atoms with Crippen LogP contribution in [0.3, 0.4) is 0 Å². The minimum absolute atomic E-state index is 0.163. The number of carbonyl (C=O) groups is 1. The van der Waals surface area contributed by atoms with E-state index in [0.717, 1.165) is 22.5 Å². The summed E-state index contributed by atoms with van der Waals surface area (Å²) in [6, 6.07) is 13.3. The highest BCUT2D eigenvalue weighted by atomic mass is 35.5. The zero-order chi connectivity index (χ0) is 18.4.